The molecule has 0 bridgehead atoms. The SMILES string of the molecule is COCC(O)CN(Cc1cccc(C)c1)Cc1c(-c2ccccc2)noc1N(C)C(C)C. The van der Waals surface area contributed by atoms with Gasteiger partial charge in [0.1, 0.15) is 5.69 Å². The predicted octanol–water partition coefficient (Wildman–Crippen LogP) is 4.50. The van der Waals surface area contributed by atoms with Crippen LogP contribution < -0.4 is 4.90 Å². The molecular formula is C26H35N3O3. The summed E-state index contributed by atoms with van der Waals surface area (Å²) in [6.07, 6.45) is -0.587. The van der Waals surface area contributed by atoms with Crippen LogP contribution in [-0.4, -0.2) is 54.6 Å². The van der Waals surface area contributed by atoms with Crippen LogP contribution >= 0.6 is 0 Å². The Bertz CT molecular complexity index is 971. The number of rotatable bonds is 11. The number of anilines is 1. The number of aryl methyl sites for hydroxylation is 1. The van der Waals surface area contributed by atoms with Crippen molar-refractivity contribution < 1.29 is 14.4 Å². The third kappa shape index (κ3) is 6.19. The first-order valence-electron chi connectivity index (χ1n) is 11.1. The number of ether oxygens (including phenoxy) is 1. The summed E-state index contributed by atoms with van der Waals surface area (Å²) in [4.78, 5) is 4.33. The summed E-state index contributed by atoms with van der Waals surface area (Å²) in [7, 11) is 3.63. The maximum atomic E-state index is 10.5. The molecule has 1 heterocycles. The van der Waals surface area contributed by atoms with Crippen molar-refractivity contribution in [3.05, 3.63) is 71.3 Å². The van der Waals surface area contributed by atoms with Crippen LogP contribution in [0.4, 0.5) is 5.88 Å². The highest BCUT2D eigenvalue weighted by Crippen LogP contribution is 2.33. The highest BCUT2D eigenvalue weighted by atomic mass is 16.5. The monoisotopic (exact) mass is 437 g/mol. The Morgan fingerprint density at radius 3 is 2.47 bits per heavy atom. The van der Waals surface area contributed by atoms with Gasteiger partial charge in [0.05, 0.1) is 18.3 Å². The second-order valence-corrected chi connectivity index (χ2v) is 8.65. The minimum atomic E-state index is -0.587. The molecule has 1 atom stereocenters. The van der Waals surface area contributed by atoms with Crippen molar-refractivity contribution >= 4 is 5.88 Å². The van der Waals surface area contributed by atoms with E-state index < -0.39 is 6.10 Å². The number of benzene rings is 2. The number of methoxy groups -OCH3 is 1. The van der Waals surface area contributed by atoms with E-state index in [-0.39, 0.29) is 12.6 Å². The molecular weight excluding hydrogens is 402 g/mol. The van der Waals surface area contributed by atoms with Crippen LogP contribution in [0, 0.1) is 6.92 Å². The van der Waals surface area contributed by atoms with Gasteiger partial charge >= 0.3 is 0 Å². The lowest BCUT2D eigenvalue weighted by atomic mass is 10.1. The van der Waals surface area contributed by atoms with Gasteiger partial charge in [-0.2, -0.15) is 0 Å². The maximum Gasteiger partial charge on any atom is 0.232 e. The molecule has 1 aromatic heterocycles. The highest BCUT2D eigenvalue weighted by Gasteiger charge is 2.25. The van der Waals surface area contributed by atoms with Crippen LogP contribution in [0.1, 0.15) is 30.5 Å². The molecule has 0 aliphatic heterocycles. The van der Waals surface area contributed by atoms with E-state index in [1.807, 2.05) is 37.4 Å². The lowest BCUT2D eigenvalue weighted by molar-refractivity contribution is 0.0338. The number of hydrogen-bond acceptors (Lipinski definition) is 6. The molecule has 0 aliphatic rings. The van der Waals surface area contributed by atoms with Crippen molar-refractivity contribution in [2.45, 2.75) is 46.0 Å². The molecule has 6 heteroatoms. The van der Waals surface area contributed by atoms with Gasteiger partial charge in [-0.1, -0.05) is 65.3 Å². The van der Waals surface area contributed by atoms with Gasteiger partial charge in [0, 0.05) is 45.4 Å². The Hall–Kier alpha value is -2.67. The van der Waals surface area contributed by atoms with Crippen LogP contribution in [0.15, 0.2) is 59.1 Å². The zero-order valence-corrected chi connectivity index (χ0v) is 19.8. The quantitative estimate of drug-likeness (QED) is 0.476. The van der Waals surface area contributed by atoms with E-state index in [4.69, 9.17) is 9.26 Å². The fourth-order valence-electron chi connectivity index (χ4n) is 3.80. The first-order chi connectivity index (χ1) is 15.4. The van der Waals surface area contributed by atoms with Crippen molar-refractivity contribution in [2.24, 2.45) is 0 Å². The summed E-state index contributed by atoms with van der Waals surface area (Å²) >= 11 is 0. The molecule has 0 saturated heterocycles. The molecule has 0 amide bonds. The van der Waals surface area contributed by atoms with E-state index in [2.05, 4.69) is 60.0 Å². The van der Waals surface area contributed by atoms with E-state index in [1.54, 1.807) is 7.11 Å². The molecule has 1 N–H and O–H groups in total. The first kappa shape index (κ1) is 24.0. The molecule has 32 heavy (non-hydrogen) atoms. The maximum absolute atomic E-state index is 10.5. The van der Waals surface area contributed by atoms with Gasteiger partial charge in [0.2, 0.25) is 5.88 Å². The topological polar surface area (TPSA) is 62.0 Å². The van der Waals surface area contributed by atoms with Gasteiger partial charge in [0.15, 0.2) is 0 Å². The highest BCUT2D eigenvalue weighted by molar-refractivity contribution is 5.68. The van der Waals surface area contributed by atoms with E-state index in [0.717, 1.165) is 22.7 Å². The van der Waals surface area contributed by atoms with Gasteiger partial charge in [-0.3, -0.25) is 4.90 Å². The number of nitrogens with zero attached hydrogens (tertiary/aromatic N) is 3. The van der Waals surface area contributed by atoms with Crippen molar-refractivity contribution in [2.75, 3.05) is 32.2 Å². The second-order valence-electron chi connectivity index (χ2n) is 8.65. The number of aromatic nitrogens is 1. The smallest absolute Gasteiger partial charge is 0.232 e. The lowest BCUT2D eigenvalue weighted by Crippen LogP contribution is -2.35. The summed E-state index contributed by atoms with van der Waals surface area (Å²) in [5.74, 6) is 0.759. The standard InChI is InChI=1S/C26H35N3O3/c1-19(2)28(4)26-24(25(27-32-26)22-12-7-6-8-13-22)17-29(16-23(30)18-31-5)15-21-11-9-10-20(3)14-21/h6-14,19,23,30H,15-18H2,1-5H3. The molecule has 0 spiro atoms. The third-order valence-electron chi connectivity index (χ3n) is 5.61. The average Bonchev–Trinajstić information content (AvgIpc) is 3.17. The molecule has 0 saturated carbocycles. The Morgan fingerprint density at radius 2 is 1.81 bits per heavy atom. The Morgan fingerprint density at radius 1 is 1.06 bits per heavy atom. The van der Waals surface area contributed by atoms with Gasteiger partial charge in [-0.25, -0.2) is 0 Å². The van der Waals surface area contributed by atoms with E-state index in [9.17, 15) is 5.11 Å². The number of aliphatic hydroxyl groups is 1. The van der Waals surface area contributed by atoms with Crippen LogP contribution in [0.25, 0.3) is 11.3 Å². The number of hydrogen-bond donors (Lipinski definition) is 1. The summed E-state index contributed by atoms with van der Waals surface area (Å²) in [6, 6.07) is 18.8. The largest absolute Gasteiger partial charge is 0.389 e. The third-order valence-corrected chi connectivity index (χ3v) is 5.61. The molecule has 172 valence electrons. The first-order valence-corrected chi connectivity index (χ1v) is 11.1. The van der Waals surface area contributed by atoms with Crippen LogP contribution in [0.3, 0.4) is 0 Å². The molecule has 0 radical (unpaired) electrons. The zero-order chi connectivity index (χ0) is 23.1. The van der Waals surface area contributed by atoms with Crippen molar-refractivity contribution in [3.63, 3.8) is 0 Å². The molecule has 3 aromatic rings. The predicted molar refractivity (Wildman–Crippen MR) is 129 cm³/mol. The average molecular weight is 438 g/mol. The van der Waals surface area contributed by atoms with E-state index >= 15 is 0 Å². The summed E-state index contributed by atoms with van der Waals surface area (Å²) < 4.78 is 11.0. The van der Waals surface area contributed by atoms with Gasteiger partial charge in [-0.15, -0.1) is 0 Å². The van der Waals surface area contributed by atoms with Crippen molar-refractivity contribution in [3.8, 4) is 11.3 Å². The summed E-state index contributed by atoms with van der Waals surface area (Å²) in [5, 5.41) is 15.0. The summed E-state index contributed by atoms with van der Waals surface area (Å²) in [6.45, 7) is 8.41. The summed E-state index contributed by atoms with van der Waals surface area (Å²) in [5.41, 5.74) is 5.29. The molecule has 1 unspecified atom stereocenters. The Kier molecular flexibility index (Phi) is 8.45. The minimum absolute atomic E-state index is 0.259. The Balaban J connectivity index is 1.98. The Labute approximate surface area is 191 Å². The zero-order valence-electron chi connectivity index (χ0n) is 19.8. The van der Waals surface area contributed by atoms with Gasteiger partial charge in [0.25, 0.3) is 0 Å². The van der Waals surface area contributed by atoms with Crippen LogP contribution in [0.5, 0.6) is 0 Å². The van der Waals surface area contributed by atoms with Crippen molar-refractivity contribution in [1.29, 1.82) is 0 Å². The van der Waals surface area contributed by atoms with E-state index in [1.165, 1.54) is 11.1 Å². The molecule has 6 nitrogen and oxygen atoms in total. The molecule has 2 aromatic carbocycles. The minimum Gasteiger partial charge on any atom is -0.389 e. The van der Waals surface area contributed by atoms with Crippen molar-refractivity contribution in [1.82, 2.24) is 10.1 Å². The van der Waals surface area contributed by atoms with Gasteiger partial charge in [-0.05, 0) is 26.3 Å². The number of aliphatic hydroxyl groups excluding tert-OH is 1. The molecule has 0 aliphatic carbocycles. The fraction of sp³-hybridized carbons (Fsp3) is 0.423. The fourth-order valence-corrected chi connectivity index (χ4v) is 3.80. The lowest BCUT2D eigenvalue weighted by Gasteiger charge is -2.27. The normalized spacial score (nSPS) is 12.5. The van der Waals surface area contributed by atoms with Crippen LogP contribution in [-0.2, 0) is 17.8 Å². The second kappa shape index (κ2) is 11.3. The molecule has 3 rings (SSSR count). The van der Waals surface area contributed by atoms with E-state index in [0.29, 0.717) is 19.6 Å². The van der Waals surface area contributed by atoms with Crippen LogP contribution in [0.2, 0.25) is 0 Å². The van der Waals surface area contributed by atoms with Gasteiger partial charge < -0.3 is 19.3 Å². The molecule has 0 fully saturated rings.